The van der Waals surface area contributed by atoms with Gasteiger partial charge in [-0.1, -0.05) is 12.1 Å². The molecule has 1 aliphatic carbocycles. The van der Waals surface area contributed by atoms with Crippen molar-refractivity contribution in [3.8, 4) is 0 Å². The summed E-state index contributed by atoms with van der Waals surface area (Å²) in [6, 6.07) is 5.95. The van der Waals surface area contributed by atoms with Gasteiger partial charge in [-0.3, -0.25) is 4.79 Å². The van der Waals surface area contributed by atoms with Gasteiger partial charge >= 0.3 is 6.18 Å². The van der Waals surface area contributed by atoms with Gasteiger partial charge in [0.2, 0.25) is 5.91 Å². The van der Waals surface area contributed by atoms with Crippen LogP contribution in [-0.2, 0) is 11.0 Å². The van der Waals surface area contributed by atoms with Gasteiger partial charge in [0.05, 0.1) is 5.56 Å². The Bertz CT molecular complexity index is 514. The standard InChI is InChI=1S/C17H23F3N2O/c1-12(23)21-9-2-10-22-16-8-5-14(11-16)13-3-6-15(7-4-13)17(18,19)20/h3-4,6-7,14,16,22H,2,5,8-11H2,1H3,(H,21,23)/t14-,16+/m1/s1. The Hall–Kier alpha value is -1.56. The van der Waals surface area contributed by atoms with Crippen LogP contribution in [0, 0.1) is 0 Å². The van der Waals surface area contributed by atoms with E-state index in [-0.39, 0.29) is 5.91 Å². The Balaban J connectivity index is 1.75. The van der Waals surface area contributed by atoms with Crippen LogP contribution in [-0.4, -0.2) is 25.0 Å². The van der Waals surface area contributed by atoms with Gasteiger partial charge in [-0.05, 0) is 55.8 Å². The fraction of sp³-hybridized carbons (Fsp3) is 0.588. The molecular weight excluding hydrogens is 305 g/mol. The third kappa shape index (κ3) is 5.53. The van der Waals surface area contributed by atoms with Crippen molar-refractivity contribution in [3.63, 3.8) is 0 Å². The lowest BCUT2D eigenvalue weighted by atomic mass is 9.96. The number of hydrogen-bond donors (Lipinski definition) is 2. The lowest BCUT2D eigenvalue weighted by molar-refractivity contribution is -0.137. The van der Waals surface area contributed by atoms with Gasteiger partial charge in [-0.2, -0.15) is 13.2 Å². The average Bonchev–Trinajstić information content (AvgIpc) is 2.95. The van der Waals surface area contributed by atoms with Crippen LogP contribution >= 0.6 is 0 Å². The normalized spacial score (nSPS) is 21.4. The van der Waals surface area contributed by atoms with Crippen LogP contribution < -0.4 is 10.6 Å². The van der Waals surface area contributed by atoms with Crippen molar-refractivity contribution in [2.45, 2.75) is 50.7 Å². The molecule has 23 heavy (non-hydrogen) atoms. The number of alkyl halides is 3. The summed E-state index contributed by atoms with van der Waals surface area (Å²) >= 11 is 0. The van der Waals surface area contributed by atoms with E-state index in [1.54, 1.807) is 12.1 Å². The van der Waals surface area contributed by atoms with Gasteiger partial charge in [0.15, 0.2) is 0 Å². The van der Waals surface area contributed by atoms with Crippen LogP contribution in [0.3, 0.4) is 0 Å². The zero-order valence-corrected chi connectivity index (χ0v) is 13.2. The van der Waals surface area contributed by atoms with Crippen molar-refractivity contribution < 1.29 is 18.0 Å². The Morgan fingerprint density at radius 1 is 1.17 bits per heavy atom. The van der Waals surface area contributed by atoms with E-state index < -0.39 is 11.7 Å². The Morgan fingerprint density at radius 3 is 2.48 bits per heavy atom. The van der Waals surface area contributed by atoms with Crippen LogP contribution in [0.5, 0.6) is 0 Å². The van der Waals surface area contributed by atoms with Crippen molar-refractivity contribution in [1.29, 1.82) is 0 Å². The molecule has 0 aromatic heterocycles. The predicted octanol–water partition coefficient (Wildman–Crippen LogP) is 3.46. The molecule has 2 atom stereocenters. The number of halogens is 3. The van der Waals surface area contributed by atoms with Crippen LogP contribution in [0.4, 0.5) is 13.2 Å². The molecule has 0 bridgehead atoms. The van der Waals surface area contributed by atoms with Crippen molar-refractivity contribution in [1.82, 2.24) is 10.6 Å². The van der Waals surface area contributed by atoms with Crippen LogP contribution in [0.2, 0.25) is 0 Å². The summed E-state index contributed by atoms with van der Waals surface area (Å²) < 4.78 is 37.7. The minimum Gasteiger partial charge on any atom is -0.356 e. The molecule has 0 aliphatic heterocycles. The van der Waals surface area contributed by atoms with Gasteiger partial charge in [-0.15, -0.1) is 0 Å². The molecule has 0 unspecified atom stereocenters. The molecule has 3 nitrogen and oxygen atoms in total. The summed E-state index contributed by atoms with van der Waals surface area (Å²) in [4.78, 5) is 10.7. The third-order valence-electron chi connectivity index (χ3n) is 4.30. The van der Waals surface area contributed by atoms with Crippen molar-refractivity contribution in [2.24, 2.45) is 0 Å². The number of benzene rings is 1. The van der Waals surface area contributed by atoms with Crippen LogP contribution in [0.15, 0.2) is 24.3 Å². The fourth-order valence-electron chi connectivity index (χ4n) is 3.07. The second kappa shape index (κ2) is 7.81. The van der Waals surface area contributed by atoms with E-state index >= 15 is 0 Å². The number of carbonyl (C=O) groups is 1. The number of hydrogen-bond acceptors (Lipinski definition) is 2. The van der Waals surface area contributed by atoms with E-state index in [4.69, 9.17) is 0 Å². The highest BCUT2D eigenvalue weighted by Gasteiger charge is 2.31. The molecule has 2 rings (SSSR count). The molecular formula is C17H23F3N2O. The first-order valence-electron chi connectivity index (χ1n) is 8.01. The van der Waals surface area contributed by atoms with Crippen LogP contribution in [0.25, 0.3) is 0 Å². The molecule has 128 valence electrons. The van der Waals surface area contributed by atoms with E-state index in [0.717, 1.165) is 37.8 Å². The average molecular weight is 328 g/mol. The molecule has 0 spiro atoms. The topological polar surface area (TPSA) is 41.1 Å². The SMILES string of the molecule is CC(=O)NCCCN[C@H]1CC[C@@H](c2ccc(C(F)(F)F)cc2)C1. The maximum atomic E-state index is 12.6. The number of nitrogens with one attached hydrogen (secondary N) is 2. The third-order valence-corrected chi connectivity index (χ3v) is 4.30. The molecule has 0 heterocycles. The van der Waals surface area contributed by atoms with Crippen molar-refractivity contribution >= 4 is 5.91 Å². The van der Waals surface area contributed by atoms with E-state index in [1.165, 1.54) is 19.1 Å². The predicted molar refractivity (Wildman–Crippen MR) is 83.1 cm³/mol. The van der Waals surface area contributed by atoms with E-state index in [9.17, 15) is 18.0 Å². The van der Waals surface area contributed by atoms with Gasteiger partial charge in [-0.25, -0.2) is 0 Å². The van der Waals surface area contributed by atoms with Gasteiger partial charge in [0.1, 0.15) is 0 Å². The first-order valence-corrected chi connectivity index (χ1v) is 8.01. The molecule has 1 amide bonds. The molecule has 1 saturated carbocycles. The quantitative estimate of drug-likeness (QED) is 0.785. The smallest absolute Gasteiger partial charge is 0.356 e. The number of amides is 1. The second-order valence-corrected chi connectivity index (χ2v) is 6.12. The van der Waals surface area contributed by atoms with Gasteiger partial charge < -0.3 is 10.6 Å². The maximum absolute atomic E-state index is 12.6. The zero-order valence-electron chi connectivity index (χ0n) is 13.2. The lowest BCUT2D eigenvalue weighted by Gasteiger charge is -2.14. The largest absolute Gasteiger partial charge is 0.416 e. The van der Waals surface area contributed by atoms with Crippen molar-refractivity contribution in [2.75, 3.05) is 13.1 Å². The lowest BCUT2D eigenvalue weighted by Crippen LogP contribution is -2.30. The maximum Gasteiger partial charge on any atom is 0.416 e. The summed E-state index contributed by atoms with van der Waals surface area (Å²) in [6.45, 7) is 3.00. The second-order valence-electron chi connectivity index (χ2n) is 6.12. The zero-order chi connectivity index (χ0) is 16.9. The van der Waals surface area contributed by atoms with Gasteiger partial charge in [0, 0.05) is 19.5 Å². The minimum atomic E-state index is -4.27. The molecule has 6 heteroatoms. The summed E-state index contributed by atoms with van der Waals surface area (Å²) in [5.41, 5.74) is 0.396. The molecule has 1 aromatic rings. The molecule has 1 aromatic carbocycles. The highest BCUT2D eigenvalue weighted by atomic mass is 19.4. The monoisotopic (exact) mass is 328 g/mol. The highest BCUT2D eigenvalue weighted by molar-refractivity contribution is 5.72. The highest BCUT2D eigenvalue weighted by Crippen LogP contribution is 2.36. The fourth-order valence-corrected chi connectivity index (χ4v) is 3.07. The Kier molecular flexibility index (Phi) is 6.04. The van der Waals surface area contributed by atoms with Crippen LogP contribution in [0.1, 0.15) is 49.7 Å². The minimum absolute atomic E-state index is 0.0202. The first-order chi connectivity index (χ1) is 10.9. The molecule has 1 fully saturated rings. The van der Waals surface area contributed by atoms with E-state index in [2.05, 4.69) is 10.6 Å². The molecule has 0 saturated heterocycles. The number of carbonyl (C=O) groups excluding carboxylic acids is 1. The summed E-state index contributed by atoms with van der Waals surface area (Å²) in [6.07, 6.45) is -0.417. The van der Waals surface area contributed by atoms with E-state index in [0.29, 0.717) is 18.5 Å². The van der Waals surface area contributed by atoms with E-state index in [1.807, 2.05) is 0 Å². The molecule has 0 radical (unpaired) electrons. The van der Waals surface area contributed by atoms with Gasteiger partial charge in [0.25, 0.3) is 0 Å². The summed E-state index contributed by atoms with van der Waals surface area (Å²) in [7, 11) is 0. The summed E-state index contributed by atoms with van der Waals surface area (Å²) in [5, 5.41) is 6.21. The first kappa shape index (κ1) is 17.8. The Morgan fingerprint density at radius 2 is 1.87 bits per heavy atom. The number of rotatable bonds is 6. The molecule has 2 N–H and O–H groups in total. The molecule has 1 aliphatic rings. The summed E-state index contributed by atoms with van der Waals surface area (Å²) in [5.74, 6) is 0.304. The Labute approximate surface area is 134 Å². The van der Waals surface area contributed by atoms with Crippen molar-refractivity contribution in [3.05, 3.63) is 35.4 Å².